The monoisotopic (exact) mass is 380 g/mol. The maximum absolute atomic E-state index is 12.1. The van der Waals surface area contributed by atoms with E-state index in [4.69, 9.17) is 4.74 Å². The maximum atomic E-state index is 12.1. The summed E-state index contributed by atoms with van der Waals surface area (Å²) >= 11 is 3.63. The van der Waals surface area contributed by atoms with E-state index in [1.54, 1.807) is 7.11 Å². The molecule has 3 nitrogen and oxygen atoms in total. The molecule has 0 radical (unpaired) electrons. The van der Waals surface area contributed by atoms with Gasteiger partial charge in [0.1, 0.15) is 5.75 Å². The molecule has 0 spiro atoms. The van der Waals surface area contributed by atoms with Gasteiger partial charge in [-0.1, -0.05) is 38.2 Å². The van der Waals surface area contributed by atoms with Crippen LogP contribution in [0.3, 0.4) is 0 Å². The van der Waals surface area contributed by atoms with Gasteiger partial charge in [-0.05, 0) is 64.7 Å². The average Bonchev–Trinajstić information content (AvgIpc) is 3.09. The third kappa shape index (κ3) is 3.02. The molecule has 1 N–H and O–H groups in total. The number of methoxy groups -OCH3 is 1. The summed E-state index contributed by atoms with van der Waals surface area (Å²) in [5.41, 5.74) is 1.43. The molecule has 2 aliphatic rings. The summed E-state index contributed by atoms with van der Waals surface area (Å²) in [5.74, 6) is 0.708. The second kappa shape index (κ2) is 6.84. The highest BCUT2D eigenvalue weighted by Crippen LogP contribution is 2.47. The molecule has 23 heavy (non-hydrogen) atoms. The number of carboxylic acids is 1. The van der Waals surface area contributed by atoms with E-state index in [0.29, 0.717) is 5.92 Å². The maximum Gasteiger partial charge on any atom is 0.314 e. The van der Waals surface area contributed by atoms with Crippen LogP contribution in [0, 0.1) is 0 Å². The number of ether oxygens (including phenoxy) is 1. The highest BCUT2D eigenvalue weighted by molar-refractivity contribution is 9.10. The minimum atomic E-state index is -0.722. The van der Waals surface area contributed by atoms with Crippen LogP contribution < -0.4 is 4.74 Å². The van der Waals surface area contributed by atoms with E-state index in [2.05, 4.69) is 22.0 Å². The number of carbonyl (C=O) groups is 1. The van der Waals surface area contributed by atoms with Crippen molar-refractivity contribution in [2.45, 2.75) is 69.1 Å². The largest absolute Gasteiger partial charge is 0.495 e. The van der Waals surface area contributed by atoms with Crippen molar-refractivity contribution >= 4 is 21.9 Å². The SMILES string of the molecule is COc1c(Br)cc(C2(C(=O)O)CCCCC2)cc1C1CCCC1. The van der Waals surface area contributed by atoms with Crippen LogP contribution in [0.5, 0.6) is 5.75 Å². The fraction of sp³-hybridized carbons (Fsp3) is 0.632. The molecule has 1 aromatic rings. The molecule has 2 aliphatic carbocycles. The van der Waals surface area contributed by atoms with Gasteiger partial charge in [0.25, 0.3) is 0 Å². The fourth-order valence-corrected chi connectivity index (χ4v) is 5.07. The molecule has 1 aromatic carbocycles. The van der Waals surface area contributed by atoms with Crippen LogP contribution in [0.4, 0.5) is 0 Å². The third-order valence-electron chi connectivity index (χ3n) is 5.74. The predicted molar refractivity (Wildman–Crippen MR) is 94.3 cm³/mol. The summed E-state index contributed by atoms with van der Waals surface area (Å²) in [4.78, 5) is 12.1. The minimum absolute atomic E-state index is 0.496. The van der Waals surface area contributed by atoms with E-state index in [0.717, 1.165) is 47.9 Å². The molecular formula is C19H25BrO3. The Labute approximate surface area is 146 Å². The number of hydrogen-bond donors (Lipinski definition) is 1. The van der Waals surface area contributed by atoms with E-state index in [1.165, 1.54) is 31.2 Å². The standard InChI is InChI=1S/C19H25BrO3/c1-23-17-15(13-7-3-4-8-13)11-14(12-16(17)20)19(18(21)22)9-5-2-6-10-19/h11-13H,2-10H2,1H3,(H,21,22). The van der Waals surface area contributed by atoms with E-state index in [-0.39, 0.29) is 0 Å². The van der Waals surface area contributed by atoms with Crippen LogP contribution >= 0.6 is 15.9 Å². The topological polar surface area (TPSA) is 46.5 Å². The quantitative estimate of drug-likeness (QED) is 0.759. The first-order valence-electron chi connectivity index (χ1n) is 8.70. The lowest BCUT2D eigenvalue weighted by atomic mass is 9.69. The average molecular weight is 381 g/mol. The number of aliphatic carboxylic acids is 1. The summed E-state index contributed by atoms with van der Waals surface area (Å²) in [6.45, 7) is 0. The van der Waals surface area contributed by atoms with Crippen molar-refractivity contribution in [2.24, 2.45) is 0 Å². The minimum Gasteiger partial charge on any atom is -0.495 e. The Morgan fingerprint density at radius 1 is 1.17 bits per heavy atom. The van der Waals surface area contributed by atoms with Crippen LogP contribution in [-0.2, 0) is 10.2 Å². The molecule has 0 saturated heterocycles. The molecule has 4 heteroatoms. The van der Waals surface area contributed by atoms with Crippen molar-refractivity contribution in [3.8, 4) is 5.75 Å². The molecule has 0 unspecified atom stereocenters. The molecule has 2 saturated carbocycles. The lowest BCUT2D eigenvalue weighted by molar-refractivity contribution is -0.145. The highest BCUT2D eigenvalue weighted by Gasteiger charge is 2.42. The van der Waals surface area contributed by atoms with Crippen molar-refractivity contribution in [1.82, 2.24) is 0 Å². The van der Waals surface area contributed by atoms with Crippen LogP contribution in [0.15, 0.2) is 16.6 Å². The van der Waals surface area contributed by atoms with E-state index < -0.39 is 11.4 Å². The van der Waals surface area contributed by atoms with Gasteiger partial charge in [0.15, 0.2) is 0 Å². The van der Waals surface area contributed by atoms with Crippen LogP contribution in [0.1, 0.15) is 74.8 Å². The second-order valence-corrected chi connectivity index (χ2v) is 7.86. The van der Waals surface area contributed by atoms with E-state index >= 15 is 0 Å². The van der Waals surface area contributed by atoms with Gasteiger partial charge in [0.05, 0.1) is 17.0 Å². The van der Waals surface area contributed by atoms with E-state index in [9.17, 15) is 9.90 Å². The Hall–Kier alpha value is -1.03. The molecule has 0 amide bonds. The molecular weight excluding hydrogens is 356 g/mol. The highest BCUT2D eigenvalue weighted by atomic mass is 79.9. The summed E-state index contributed by atoms with van der Waals surface area (Å²) in [5, 5.41) is 9.97. The summed E-state index contributed by atoms with van der Waals surface area (Å²) in [7, 11) is 1.70. The fourth-order valence-electron chi connectivity index (χ4n) is 4.43. The Morgan fingerprint density at radius 2 is 1.83 bits per heavy atom. The van der Waals surface area contributed by atoms with Gasteiger partial charge in [0, 0.05) is 0 Å². The number of halogens is 1. The van der Waals surface area contributed by atoms with Gasteiger partial charge in [-0.25, -0.2) is 0 Å². The zero-order valence-corrected chi connectivity index (χ0v) is 15.3. The molecule has 3 rings (SSSR count). The Morgan fingerprint density at radius 3 is 2.39 bits per heavy atom. The first kappa shape index (κ1) is 16.8. The first-order chi connectivity index (χ1) is 11.1. The Bertz CT molecular complexity index is 585. The second-order valence-electron chi connectivity index (χ2n) is 7.01. The van der Waals surface area contributed by atoms with Crippen molar-refractivity contribution < 1.29 is 14.6 Å². The van der Waals surface area contributed by atoms with Gasteiger partial charge < -0.3 is 9.84 Å². The summed E-state index contributed by atoms with van der Waals surface area (Å²) in [6, 6.07) is 4.12. The Kier molecular flexibility index (Phi) is 5.00. The normalized spacial score (nSPS) is 21.3. The van der Waals surface area contributed by atoms with E-state index in [1.807, 2.05) is 6.07 Å². The van der Waals surface area contributed by atoms with Crippen LogP contribution in [0.2, 0.25) is 0 Å². The molecule has 126 valence electrons. The number of hydrogen-bond acceptors (Lipinski definition) is 2. The number of carboxylic acid groups (broad SMARTS) is 1. The molecule has 0 heterocycles. The van der Waals surface area contributed by atoms with Gasteiger partial charge in [-0.15, -0.1) is 0 Å². The Balaban J connectivity index is 2.09. The molecule has 0 aliphatic heterocycles. The first-order valence-corrected chi connectivity index (χ1v) is 9.49. The van der Waals surface area contributed by atoms with Gasteiger partial charge in [0.2, 0.25) is 0 Å². The van der Waals surface area contributed by atoms with Crippen molar-refractivity contribution in [1.29, 1.82) is 0 Å². The molecule has 0 aromatic heterocycles. The van der Waals surface area contributed by atoms with Crippen LogP contribution in [0.25, 0.3) is 0 Å². The molecule has 2 fully saturated rings. The van der Waals surface area contributed by atoms with Crippen molar-refractivity contribution in [2.75, 3.05) is 7.11 Å². The molecule has 0 atom stereocenters. The summed E-state index contributed by atoms with van der Waals surface area (Å²) in [6.07, 6.45) is 9.46. The third-order valence-corrected chi connectivity index (χ3v) is 6.33. The summed E-state index contributed by atoms with van der Waals surface area (Å²) < 4.78 is 6.52. The predicted octanol–water partition coefficient (Wildman–Crippen LogP) is 5.40. The zero-order valence-electron chi connectivity index (χ0n) is 13.7. The zero-order chi connectivity index (χ0) is 16.4. The van der Waals surface area contributed by atoms with Gasteiger partial charge >= 0.3 is 5.97 Å². The van der Waals surface area contributed by atoms with Crippen molar-refractivity contribution in [3.63, 3.8) is 0 Å². The number of rotatable bonds is 4. The lowest BCUT2D eigenvalue weighted by Gasteiger charge is -2.34. The smallest absolute Gasteiger partial charge is 0.314 e. The van der Waals surface area contributed by atoms with Gasteiger partial charge in [-0.2, -0.15) is 0 Å². The van der Waals surface area contributed by atoms with Crippen molar-refractivity contribution in [3.05, 3.63) is 27.7 Å². The van der Waals surface area contributed by atoms with Crippen LogP contribution in [-0.4, -0.2) is 18.2 Å². The van der Waals surface area contributed by atoms with Gasteiger partial charge in [-0.3, -0.25) is 4.79 Å². The lowest BCUT2D eigenvalue weighted by Crippen LogP contribution is -2.38. The molecule has 0 bridgehead atoms. The number of benzene rings is 1.